The predicted molar refractivity (Wildman–Crippen MR) is 49.9 cm³/mol. The van der Waals surface area contributed by atoms with Crippen LogP contribution in [0.3, 0.4) is 0 Å². The van der Waals surface area contributed by atoms with Crippen LogP contribution in [0.5, 0.6) is 0 Å². The molecule has 0 aliphatic rings. The highest BCUT2D eigenvalue weighted by molar-refractivity contribution is 5.71. The van der Waals surface area contributed by atoms with E-state index in [1.807, 2.05) is 19.3 Å². The molecule has 0 unspecified atom stereocenters. The summed E-state index contributed by atoms with van der Waals surface area (Å²) in [5.74, 6) is 0. The summed E-state index contributed by atoms with van der Waals surface area (Å²) in [5.41, 5.74) is 1.48. The second-order valence-electron chi connectivity index (χ2n) is 3.05. The molecule has 0 saturated carbocycles. The minimum Gasteiger partial charge on any atom is -0.322 e. The molecule has 2 rings (SSSR count). The van der Waals surface area contributed by atoms with Gasteiger partial charge in [0.15, 0.2) is 6.29 Å². The number of hydrogen-bond donors (Lipinski definition) is 0. The van der Waals surface area contributed by atoms with E-state index in [-0.39, 0.29) is 0 Å². The standard InChI is InChI=1S/C9H10N4O/c1-12-3-2-8(11-12)5-13-7-10-4-9(13)6-14/h2-4,6-7H,5H2,1H3. The van der Waals surface area contributed by atoms with Gasteiger partial charge in [-0.1, -0.05) is 0 Å². The first kappa shape index (κ1) is 8.68. The number of rotatable bonds is 3. The fraction of sp³-hybridized carbons (Fsp3) is 0.222. The average molecular weight is 190 g/mol. The molecule has 2 heterocycles. The summed E-state index contributed by atoms with van der Waals surface area (Å²) in [4.78, 5) is 14.5. The van der Waals surface area contributed by atoms with Crippen molar-refractivity contribution < 1.29 is 4.79 Å². The number of carbonyl (C=O) groups excluding carboxylic acids is 1. The molecule has 0 amide bonds. The molecule has 0 saturated heterocycles. The molecule has 0 atom stereocenters. The van der Waals surface area contributed by atoms with Crippen LogP contribution in [0, 0.1) is 0 Å². The largest absolute Gasteiger partial charge is 0.322 e. The molecule has 2 aromatic heterocycles. The Morgan fingerprint density at radius 3 is 3.07 bits per heavy atom. The van der Waals surface area contributed by atoms with E-state index in [1.165, 1.54) is 6.20 Å². The lowest BCUT2D eigenvalue weighted by Crippen LogP contribution is -2.03. The van der Waals surface area contributed by atoms with Gasteiger partial charge in [0.1, 0.15) is 5.69 Å². The molecule has 0 N–H and O–H groups in total. The summed E-state index contributed by atoms with van der Waals surface area (Å²) in [6.45, 7) is 0.578. The molecule has 0 aliphatic heterocycles. The molecule has 72 valence electrons. The SMILES string of the molecule is Cn1ccc(Cn2cncc2C=O)n1. The maximum Gasteiger partial charge on any atom is 0.168 e. The summed E-state index contributed by atoms with van der Waals surface area (Å²) >= 11 is 0. The number of aldehydes is 1. The van der Waals surface area contributed by atoms with E-state index >= 15 is 0 Å². The van der Waals surface area contributed by atoms with Crippen molar-refractivity contribution in [3.8, 4) is 0 Å². The first-order chi connectivity index (χ1) is 6.79. The Balaban J connectivity index is 2.22. The minimum atomic E-state index is 0.565. The second-order valence-corrected chi connectivity index (χ2v) is 3.05. The van der Waals surface area contributed by atoms with Gasteiger partial charge in [-0.25, -0.2) is 4.98 Å². The maximum atomic E-state index is 10.6. The van der Waals surface area contributed by atoms with Crippen LogP contribution in [-0.2, 0) is 13.6 Å². The second kappa shape index (κ2) is 3.45. The van der Waals surface area contributed by atoms with Gasteiger partial charge in [-0.3, -0.25) is 9.48 Å². The molecule has 0 aliphatic carbocycles. The Labute approximate surface area is 81.0 Å². The van der Waals surface area contributed by atoms with Crippen LogP contribution in [0.1, 0.15) is 16.2 Å². The zero-order valence-electron chi connectivity index (χ0n) is 7.79. The maximum absolute atomic E-state index is 10.6. The Hall–Kier alpha value is -1.91. The molecule has 14 heavy (non-hydrogen) atoms. The highest BCUT2D eigenvalue weighted by Gasteiger charge is 2.02. The molecule has 5 heteroatoms. The highest BCUT2D eigenvalue weighted by atomic mass is 16.1. The van der Waals surface area contributed by atoms with Crippen molar-refractivity contribution in [1.82, 2.24) is 19.3 Å². The van der Waals surface area contributed by atoms with Gasteiger partial charge in [0, 0.05) is 13.2 Å². The molecule has 2 aromatic rings. The molecule has 5 nitrogen and oxygen atoms in total. The van der Waals surface area contributed by atoms with Crippen LogP contribution < -0.4 is 0 Å². The van der Waals surface area contributed by atoms with Crippen LogP contribution >= 0.6 is 0 Å². The molecular weight excluding hydrogens is 180 g/mol. The molecule has 0 spiro atoms. The predicted octanol–water partition coefficient (Wildman–Crippen LogP) is 0.477. The van der Waals surface area contributed by atoms with E-state index in [9.17, 15) is 4.79 Å². The number of carbonyl (C=O) groups is 1. The smallest absolute Gasteiger partial charge is 0.168 e. The van der Waals surface area contributed by atoms with Crippen molar-refractivity contribution >= 4 is 6.29 Å². The van der Waals surface area contributed by atoms with Crippen LogP contribution in [-0.4, -0.2) is 25.6 Å². The van der Waals surface area contributed by atoms with Crippen molar-refractivity contribution in [3.63, 3.8) is 0 Å². The van der Waals surface area contributed by atoms with Crippen molar-refractivity contribution in [2.45, 2.75) is 6.54 Å². The highest BCUT2D eigenvalue weighted by Crippen LogP contribution is 2.01. The van der Waals surface area contributed by atoms with Gasteiger partial charge in [0.05, 0.1) is 24.8 Å². The molecule has 0 radical (unpaired) electrons. The molecule has 0 aromatic carbocycles. The van der Waals surface area contributed by atoms with E-state index < -0.39 is 0 Å². The van der Waals surface area contributed by atoms with Crippen molar-refractivity contribution in [2.24, 2.45) is 7.05 Å². The van der Waals surface area contributed by atoms with Gasteiger partial charge in [-0.2, -0.15) is 5.10 Å². The van der Waals surface area contributed by atoms with Crippen molar-refractivity contribution in [1.29, 1.82) is 0 Å². The number of hydrogen-bond acceptors (Lipinski definition) is 3. The monoisotopic (exact) mass is 190 g/mol. The van der Waals surface area contributed by atoms with Crippen LogP contribution in [0.15, 0.2) is 24.8 Å². The Bertz CT molecular complexity index is 443. The summed E-state index contributed by atoms with van der Waals surface area (Å²) in [6, 6.07) is 1.91. The first-order valence-electron chi connectivity index (χ1n) is 4.23. The normalized spacial score (nSPS) is 10.4. The van der Waals surface area contributed by atoms with Gasteiger partial charge < -0.3 is 4.57 Å². The molecular formula is C9H10N4O. The number of aryl methyl sites for hydroxylation is 1. The topological polar surface area (TPSA) is 52.7 Å². The summed E-state index contributed by atoms with van der Waals surface area (Å²) in [5, 5.41) is 4.21. The van der Waals surface area contributed by atoms with Crippen molar-refractivity contribution in [3.05, 3.63) is 36.2 Å². The van der Waals surface area contributed by atoms with Crippen LogP contribution in [0.4, 0.5) is 0 Å². The Morgan fingerprint density at radius 1 is 1.57 bits per heavy atom. The number of nitrogens with zero attached hydrogens (tertiary/aromatic N) is 4. The quantitative estimate of drug-likeness (QED) is 0.661. The summed E-state index contributed by atoms with van der Waals surface area (Å²) in [6.07, 6.45) is 5.82. The van der Waals surface area contributed by atoms with E-state index in [2.05, 4.69) is 10.1 Å². The third kappa shape index (κ3) is 1.56. The molecule has 0 bridgehead atoms. The average Bonchev–Trinajstić information content (AvgIpc) is 2.76. The number of aromatic nitrogens is 4. The van der Waals surface area contributed by atoms with E-state index in [0.717, 1.165) is 12.0 Å². The zero-order chi connectivity index (χ0) is 9.97. The van der Waals surface area contributed by atoms with Gasteiger partial charge in [-0.15, -0.1) is 0 Å². The fourth-order valence-corrected chi connectivity index (χ4v) is 1.28. The van der Waals surface area contributed by atoms with E-state index in [1.54, 1.807) is 15.6 Å². The number of imidazole rings is 1. The summed E-state index contributed by atoms with van der Waals surface area (Å²) < 4.78 is 3.49. The Morgan fingerprint density at radius 2 is 2.43 bits per heavy atom. The Kier molecular flexibility index (Phi) is 2.14. The molecule has 0 fully saturated rings. The lowest BCUT2D eigenvalue weighted by molar-refractivity contribution is 0.111. The van der Waals surface area contributed by atoms with Gasteiger partial charge in [0.25, 0.3) is 0 Å². The zero-order valence-corrected chi connectivity index (χ0v) is 7.79. The lowest BCUT2D eigenvalue weighted by atomic mass is 10.4. The van der Waals surface area contributed by atoms with Crippen LogP contribution in [0.25, 0.3) is 0 Å². The van der Waals surface area contributed by atoms with Crippen LogP contribution in [0.2, 0.25) is 0 Å². The fourth-order valence-electron chi connectivity index (χ4n) is 1.28. The van der Waals surface area contributed by atoms with Crippen molar-refractivity contribution in [2.75, 3.05) is 0 Å². The first-order valence-corrected chi connectivity index (χ1v) is 4.23. The third-order valence-corrected chi connectivity index (χ3v) is 1.97. The van der Waals surface area contributed by atoms with Gasteiger partial charge in [0.2, 0.25) is 0 Å². The summed E-state index contributed by atoms with van der Waals surface area (Å²) in [7, 11) is 1.86. The van der Waals surface area contributed by atoms with E-state index in [0.29, 0.717) is 12.2 Å². The van der Waals surface area contributed by atoms with Gasteiger partial charge >= 0.3 is 0 Å². The minimum absolute atomic E-state index is 0.565. The third-order valence-electron chi connectivity index (χ3n) is 1.97. The van der Waals surface area contributed by atoms with E-state index in [4.69, 9.17) is 0 Å². The lowest BCUT2D eigenvalue weighted by Gasteiger charge is -1.99. The van der Waals surface area contributed by atoms with Gasteiger partial charge in [-0.05, 0) is 6.07 Å².